The van der Waals surface area contributed by atoms with Crippen LogP contribution in [0, 0.1) is 0 Å². The molecule has 46 heavy (non-hydrogen) atoms. The van der Waals surface area contributed by atoms with E-state index in [9.17, 15) is 14.4 Å². The van der Waals surface area contributed by atoms with Crippen LogP contribution in [0.3, 0.4) is 0 Å². The number of piperidine rings is 2. The highest BCUT2D eigenvalue weighted by Gasteiger charge is 2.36. The highest BCUT2D eigenvalue weighted by atomic mass is 16.6. The molecule has 4 aliphatic rings. The summed E-state index contributed by atoms with van der Waals surface area (Å²) >= 11 is 0. The summed E-state index contributed by atoms with van der Waals surface area (Å²) in [5.41, 5.74) is 3.84. The Bertz CT molecular complexity index is 1540. The lowest BCUT2D eigenvalue weighted by atomic mass is 10.0. The molecule has 3 N–H and O–H groups in total. The minimum Gasteiger partial charge on any atom is -0.436 e. The quantitative estimate of drug-likeness (QED) is 0.383. The number of H-pyrrole nitrogens is 1. The first-order valence-corrected chi connectivity index (χ1v) is 16.8. The van der Waals surface area contributed by atoms with E-state index in [1.807, 2.05) is 46.2 Å². The zero-order valence-corrected chi connectivity index (χ0v) is 26.3. The Labute approximate surface area is 269 Å². The third kappa shape index (κ3) is 6.68. The fraction of sp³-hybridized carbons (Fsp3) is 0.529. The molecule has 0 bridgehead atoms. The minimum absolute atomic E-state index is 0.0359. The molecular weight excluding hydrogens is 584 g/mol. The van der Waals surface area contributed by atoms with Gasteiger partial charge in [0.15, 0.2) is 6.10 Å². The van der Waals surface area contributed by atoms with E-state index in [4.69, 9.17) is 4.74 Å². The molecule has 3 fully saturated rings. The number of nitrogens with zero attached hydrogens (tertiary/aromatic N) is 5. The van der Waals surface area contributed by atoms with Gasteiger partial charge in [-0.3, -0.25) is 14.8 Å². The number of piperazine rings is 1. The van der Waals surface area contributed by atoms with E-state index in [1.165, 1.54) is 0 Å². The van der Waals surface area contributed by atoms with Gasteiger partial charge >= 0.3 is 12.1 Å². The molecule has 1 aromatic heterocycles. The number of nitrogens with one attached hydrogen (secondary N) is 3. The molecule has 0 unspecified atom stereocenters. The van der Waals surface area contributed by atoms with Crippen molar-refractivity contribution in [2.75, 3.05) is 64.2 Å². The van der Waals surface area contributed by atoms with E-state index in [-0.39, 0.29) is 18.0 Å². The van der Waals surface area contributed by atoms with Gasteiger partial charge in [0.05, 0.1) is 11.7 Å². The Balaban J connectivity index is 0.986. The number of carbonyl (C=O) groups is 3. The number of hydrogen-bond acceptors (Lipinski definition) is 7. The molecule has 12 nitrogen and oxygen atoms in total. The SMILES string of the molecule is O=C(O[C@H](Cc1ccc2[nH]ncc2c1)C(=O)N1CCN(C2CCNCC2)CC1)N1CCC(N2CCc3ccccc3NC2=O)CC1. The molecule has 0 spiro atoms. The van der Waals surface area contributed by atoms with Crippen LogP contribution in [0.25, 0.3) is 10.9 Å². The zero-order chi connectivity index (χ0) is 31.5. The second kappa shape index (κ2) is 13.7. The molecule has 4 amide bonds. The summed E-state index contributed by atoms with van der Waals surface area (Å²) in [7, 11) is 0. The van der Waals surface area contributed by atoms with Gasteiger partial charge in [0, 0.05) is 75.4 Å². The average molecular weight is 629 g/mol. The largest absolute Gasteiger partial charge is 0.436 e. The predicted molar refractivity (Wildman–Crippen MR) is 175 cm³/mol. The Hall–Kier alpha value is -4.16. The maximum Gasteiger partial charge on any atom is 0.410 e. The lowest BCUT2D eigenvalue weighted by Crippen LogP contribution is -2.56. The van der Waals surface area contributed by atoms with Crippen LogP contribution in [-0.4, -0.2) is 125 Å². The van der Waals surface area contributed by atoms with Crippen molar-refractivity contribution < 1.29 is 19.1 Å². The molecule has 244 valence electrons. The molecular formula is C34H44N8O4. The van der Waals surface area contributed by atoms with E-state index in [0.29, 0.717) is 58.0 Å². The molecule has 0 saturated carbocycles. The molecule has 0 aliphatic carbocycles. The number of ether oxygens (including phenoxy) is 1. The van der Waals surface area contributed by atoms with Crippen LogP contribution in [0.5, 0.6) is 0 Å². The van der Waals surface area contributed by atoms with Gasteiger partial charge in [-0.1, -0.05) is 24.3 Å². The summed E-state index contributed by atoms with van der Waals surface area (Å²) in [6.07, 6.45) is 5.05. The van der Waals surface area contributed by atoms with Crippen molar-refractivity contribution in [3.8, 4) is 0 Å². The number of anilines is 1. The first kappa shape index (κ1) is 30.5. The molecule has 4 aliphatic heterocycles. The van der Waals surface area contributed by atoms with Gasteiger partial charge in [-0.05, 0) is 74.5 Å². The van der Waals surface area contributed by atoms with Crippen molar-refractivity contribution in [2.45, 2.75) is 56.7 Å². The summed E-state index contributed by atoms with van der Waals surface area (Å²) in [4.78, 5) is 48.6. The summed E-state index contributed by atoms with van der Waals surface area (Å²) < 4.78 is 6.07. The van der Waals surface area contributed by atoms with Gasteiger partial charge in [0.2, 0.25) is 0 Å². The van der Waals surface area contributed by atoms with Crippen molar-refractivity contribution in [2.24, 2.45) is 0 Å². The van der Waals surface area contributed by atoms with Gasteiger partial charge in [-0.25, -0.2) is 9.59 Å². The second-order valence-corrected chi connectivity index (χ2v) is 13.0. The molecule has 0 radical (unpaired) electrons. The van der Waals surface area contributed by atoms with E-state index in [1.54, 1.807) is 11.1 Å². The summed E-state index contributed by atoms with van der Waals surface area (Å²) in [5, 5.41) is 14.5. The van der Waals surface area contributed by atoms with Gasteiger partial charge < -0.3 is 30.1 Å². The van der Waals surface area contributed by atoms with Crippen molar-refractivity contribution in [3.63, 3.8) is 0 Å². The molecule has 3 aromatic rings. The topological polar surface area (TPSA) is 126 Å². The number of carbonyl (C=O) groups excluding carboxylic acids is 3. The maximum absolute atomic E-state index is 14.0. The summed E-state index contributed by atoms with van der Waals surface area (Å²) in [6.45, 7) is 6.59. The molecule has 1 atom stereocenters. The van der Waals surface area contributed by atoms with Crippen LogP contribution >= 0.6 is 0 Å². The van der Waals surface area contributed by atoms with Crippen molar-refractivity contribution in [3.05, 3.63) is 59.8 Å². The number of amides is 4. The number of benzene rings is 2. The monoisotopic (exact) mass is 628 g/mol. The standard InChI is InChI=1S/C34H44N8O4/c43-32(40-19-17-39(18-20-40)27-7-12-35-13-8-27)31(22-24-5-6-30-26(21-24)23-36-38-30)46-34(45)41-14-10-28(11-15-41)42-16-9-25-3-1-2-4-29(25)37-33(42)44/h1-6,21,23,27-28,31,35H,7-20,22H2,(H,36,38)(H,37,44)/t31-/m1/s1. The number of fused-ring (bicyclic) bond motifs is 2. The first-order valence-electron chi connectivity index (χ1n) is 16.8. The zero-order valence-electron chi connectivity index (χ0n) is 26.3. The molecule has 12 heteroatoms. The first-order chi connectivity index (χ1) is 22.5. The minimum atomic E-state index is -0.921. The molecule has 7 rings (SSSR count). The van der Waals surface area contributed by atoms with Gasteiger partial charge in [-0.2, -0.15) is 5.10 Å². The van der Waals surface area contributed by atoms with E-state index in [2.05, 4.69) is 31.8 Å². The Morgan fingerprint density at radius 3 is 2.48 bits per heavy atom. The number of urea groups is 1. The van der Waals surface area contributed by atoms with Crippen molar-refractivity contribution >= 4 is 34.6 Å². The van der Waals surface area contributed by atoms with Crippen LogP contribution in [0.4, 0.5) is 15.3 Å². The van der Waals surface area contributed by atoms with Crippen molar-refractivity contribution in [1.82, 2.24) is 35.1 Å². The van der Waals surface area contributed by atoms with E-state index in [0.717, 1.165) is 73.2 Å². The lowest BCUT2D eigenvalue weighted by Gasteiger charge is -2.41. The fourth-order valence-electron chi connectivity index (χ4n) is 7.49. The van der Waals surface area contributed by atoms with E-state index >= 15 is 0 Å². The molecule has 5 heterocycles. The number of likely N-dealkylation sites (tertiary alicyclic amines) is 1. The highest BCUT2D eigenvalue weighted by Crippen LogP contribution is 2.25. The lowest BCUT2D eigenvalue weighted by molar-refractivity contribution is -0.143. The Kier molecular flexibility index (Phi) is 9.07. The Morgan fingerprint density at radius 2 is 1.67 bits per heavy atom. The Morgan fingerprint density at radius 1 is 0.891 bits per heavy atom. The number of hydrogen-bond donors (Lipinski definition) is 3. The normalized spacial score (nSPS) is 21.0. The fourth-order valence-corrected chi connectivity index (χ4v) is 7.49. The number of rotatable bonds is 6. The highest BCUT2D eigenvalue weighted by molar-refractivity contribution is 5.91. The van der Waals surface area contributed by atoms with Crippen LogP contribution < -0.4 is 10.6 Å². The van der Waals surface area contributed by atoms with Crippen LogP contribution in [-0.2, 0) is 22.4 Å². The van der Waals surface area contributed by atoms with Crippen LogP contribution in [0.15, 0.2) is 48.7 Å². The van der Waals surface area contributed by atoms with Crippen LogP contribution in [0.1, 0.15) is 36.8 Å². The van der Waals surface area contributed by atoms with Gasteiger partial charge in [-0.15, -0.1) is 0 Å². The van der Waals surface area contributed by atoms with Crippen molar-refractivity contribution in [1.29, 1.82) is 0 Å². The third-order valence-corrected chi connectivity index (χ3v) is 10.2. The smallest absolute Gasteiger partial charge is 0.410 e. The number of aromatic amines is 1. The van der Waals surface area contributed by atoms with Crippen LogP contribution in [0.2, 0.25) is 0 Å². The summed E-state index contributed by atoms with van der Waals surface area (Å²) in [5.74, 6) is -0.138. The second-order valence-electron chi connectivity index (χ2n) is 13.0. The predicted octanol–water partition coefficient (Wildman–Crippen LogP) is 3.06. The molecule has 3 saturated heterocycles. The number of aromatic nitrogens is 2. The van der Waals surface area contributed by atoms with Gasteiger partial charge in [0.1, 0.15) is 0 Å². The number of para-hydroxylation sites is 1. The van der Waals surface area contributed by atoms with Gasteiger partial charge in [0.25, 0.3) is 5.91 Å². The third-order valence-electron chi connectivity index (χ3n) is 10.2. The average Bonchev–Trinajstić information content (AvgIpc) is 3.50. The van der Waals surface area contributed by atoms with E-state index < -0.39 is 12.2 Å². The maximum atomic E-state index is 14.0. The summed E-state index contributed by atoms with van der Waals surface area (Å²) in [6, 6.07) is 14.3. The molecule has 2 aromatic carbocycles.